The van der Waals surface area contributed by atoms with Gasteiger partial charge in [0.2, 0.25) is 18.2 Å². The van der Waals surface area contributed by atoms with E-state index < -0.39 is 17.9 Å². The second-order valence-corrected chi connectivity index (χ2v) is 13.4. The van der Waals surface area contributed by atoms with Crippen LogP contribution < -0.4 is 25.9 Å². The minimum Gasteiger partial charge on any atom is -0.515 e. The van der Waals surface area contributed by atoms with Crippen LogP contribution >= 0.6 is 0 Å². The SMILES string of the molecule is C=N[N-]Nc1ccc(N(CCNC=O)CCC2C(C(=O)N3CCN(c4cccc5c4C(=O)N(C(C=O)CCC(=O)NC)C5=O)CC3)C2(C)C)cn1.[W]. The predicted molar refractivity (Wildman–Crippen MR) is 191 cm³/mol. The number of nitrogens with zero attached hydrogens (tertiary/aromatic N) is 7. The number of carbonyl (C=O) groups is 6. The second kappa shape index (κ2) is 17.6. The van der Waals surface area contributed by atoms with Gasteiger partial charge in [0.15, 0.2) is 0 Å². The van der Waals surface area contributed by atoms with E-state index >= 15 is 0 Å². The van der Waals surface area contributed by atoms with Gasteiger partial charge in [-0.2, -0.15) is 0 Å². The van der Waals surface area contributed by atoms with Crippen LogP contribution in [0.15, 0.2) is 41.6 Å². The first-order valence-electron chi connectivity index (χ1n) is 17.1. The summed E-state index contributed by atoms with van der Waals surface area (Å²) in [6.07, 6.45) is 3.74. The van der Waals surface area contributed by atoms with Crippen LogP contribution in [0.25, 0.3) is 5.53 Å². The van der Waals surface area contributed by atoms with Crippen molar-refractivity contribution in [1.29, 1.82) is 0 Å². The number of hydrogen-bond acceptors (Lipinski definition) is 11. The summed E-state index contributed by atoms with van der Waals surface area (Å²) in [5.41, 5.74) is 8.08. The molecule has 3 unspecified atom stereocenters. The third-order valence-corrected chi connectivity index (χ3v) is 10.3. The van der Waals surface area contributed by atoms with Gasteiger partial charge in [-0.1, -0.05) is 19.9 Å². The maximum absolute atomic E-state index is 13.9. The van der Waals surface area contributed by atoms with Crippen LogP contribution in [0, 0.1) is 17.3 Å². The molecule has 1 aliphatic carbocycles. The smallest absolute Gasteiger partial charge is 0.264 e. The molecular weight excluding hydrogens is 840 g/mol. The number of aldehydes is 1. The molecule has 5 amide bonds. The van der Waals surface area contributed by atoms with Gasteiger partial charge < -0.3 is 46.2 Å². The number of aromatic nitrogens is 1. The Balaban J connectivity index is 0.00000605. The topological polar surface area (TPSA) is 191 Å². The first-order valence-corrected chi connectivity index (χ1v) is 17.1. The number of benzene rings is 1. The zero-order chi connectivity index (χ0) is 36.7. The van der Waals surface area contributed by atoms with E-state index in [1.807, 2.05) is 15.9 Å². The van der Waals surface area contributed by atoms with Gasteiger partial charge in [0.1, 0.15) is 12.1 Å². The Labute approximate surface area is 317 Å². The average molecular weight is 886 g/mol. The van der Waals surface area contributed by atoms with Crippen molar-refractivity contribution < 1.29 is 49.8 Å². The molecule has 3 aliphatic rings. The Morgan fingerprint density at radius 1 is 1.12 bits per heavy atom. The van der Waals surface area contributed by atoms with Crippen molar-refractivity contribution in [2.45, 2.75) is 39.2 Å². The zero-order valence-electron chi connectivity index (χ0n) is 29.6. The van der Waals surface area contributed by atoms with Gasteiger partial charge in [-0.15, -0.1) is 0 Å². The fourth-order valence-corrected chi connectivity index (χ4v) is 7.30. The van der Waals surface area contributed by atoms with E-state index in [9.17, 15) is 28.8 Å². The number of imide groups is 1. The van der Waals surface area contributed by atoms with Crippen LogP contribution in [0.4, 0.5) is 17.2 Å². The average Bonchev–Trinajstić information content (AvgIpc) is 3.61. The molecule has 2 aliphatic heterocycles. The van der Waals surface area contributed by atoms with Crippen molar-refractivity contribution >= 4 is 60.2 Å². The van der Waals surface area contributed by atoms with E-state index in [0.29, 0.717) is 70.0 Å². The predicted octanol–water partition coefficient (Wildman–Crippen LogP) is 1.65. The van der Waals surface area contributed by atoms with Crippen LogP contribution in [-0.2, 0) is 40.2 Å². The van der Waals surface area contributed by atoms with E-state index in [-0.39, 0.29) is 74.1 Å². The molecule has 2 aromatic rings. The van der Waals surface area contributed by atoms with Gasteiger partial charge in [-0.3, -0.25) is 28.9 Å². The zero-order valence-corrected chi connectivity index (χ0v) is 32.6. The molecule has 2 fully saturated rings. The molecule has 1 saturated heterocycles. The molecule has 0 radical (unpaired) electrons. The fourth-order valence-electron chi connectivity index (χ4n) is 7.30. The molecule has 278 valence electrons. The van der Waals surface area contributed by atoms with Gasteiger partial charge in [0, 0.05) is 86.3 Å². The molecule has 17 heteroatoms. The van der Waals surface area contributed by atoms with E-state index in [2.05, 4.69) is 57.1 Å². The number of anilines is 3. The first-order chi connectivity index (χ1) is 24.6. The summed E-state index contributed by atoms with van der Waals surface area (Å²) in [6, 6.07) is 7.72. The second-order valence-electron chi connectivity index (χ2n) is 13.4. The van der Waals surface area contributed by atoms with Crippen molar-refractivity contribution in [3.63, 3.8) is 0 Å². The number of piperazine rings is 1. The van der Waals surface area contributed by atoms with Crippen LogP contribution in [0.1, 0.15) is 53.8 Å². The summed E-state index contributed by atoms with van der Waals surface area (Å²) in [6.45, 7) is 11.1. The maximum atomic E-state index is 13.9. The number of nitrogens with one attached hydrogen (secondary N) is 3. The van der Waals surface area contributed by atoms with E-state index in [1.165, 1.54) is 7.05 Å². The molecule has 5 rings (SSSR count). The molecule has 0 bridgehead atoms. The Morgan fingerprint density at radius 2 is 1.87 bits per heavy atom. The normalized spacial score (nSPS) is 19.1. The van der Waals surface area contributed by atoms with Crippen LogP contribution in [-0.4, -0.2) is 117 Å². The van der Waals surface area contributed by atoms with Crippen molar-refractivity contribution in [2.24, 2.45) is 22.4 Å². The molecule has 3 heterocycles. The summed E-state index contributed by atoms with van der Waals surface area (Å²) in [5, 5.41) is 8.61. The summed E-state index contributed by atoms with van der Waals surface area (Å²) < 4.78 is 0. The van der Waals surface area contributed by atoms with Gasteiger partial charge in [-0.05, 0) is 55.2 Å². The Bertz CT molecular complexity index is 1650. The summed E-state index contributed by atoms with van der Waals surface area (Å²) in [7, 11) is 1.48. The van der Waals surface area contributed by atoms with Gasteiger partial charge in [0.05, 0.1) is 34.7 Å². The largest absolute Gasteiger partial charge is 0.515 e. The third-order valence-electron chi connectivity index (χ3n) is 10.3. The van der Waals surface area contributed by atoms with E-state index in [1.54, 1.807) is 30.5 Å². The number of pyridine rings is 1. The van der Waals surface area contributed by atoms with Gasteiger partial charge in [0.25, 0.3) is 11.8 Å². The van der Waals surface area contributed by atoms with Crippen molar-refractivity contribution in [3.05, 3.63) is 53.2 Å². The number of amides is 5. The van der Waals surface area contributed by atoms with E-state index in [0.717, 1.165) is 17.0 Å². The van der Waals surface area contributed by atoms with Crippen molar-refractivity contribution in [3.8, 4) is 0 Å². The summed E-state index contributed by atoms with van der Waals surface area (Å²) >= 11 is 0. The molecule has 0 spiro atoms. The molecule has 1 aromatic heterocycles. The maximum Gasteiger partial charge on any atom is 0.264 e. The third kappa shape index (κ3) is 8.43. The number of hydrogen-bond donors (Lipinski definition) is 3. The Kier molecular flexibility index (Phi) is 13.5. The van der Waals surface area contributed by atoms with Crippen LogP contribution in [0.5, 0.6) is 0 Å². The molecule has 3 atom stereocenters. The molecule has 52 heavy (non-hydrogen) atoms. The minimum absolute atomic E-state index is 0. The van der Waals surface area contributed by atoms with Gasteiger partial charge in [-0.25, -0.2) is 4.98 Å². The molecule has 1 saturated carbocycles. The van der Waals surface area contributed by atoms with Crippen LogP contribution in [0.2, 0.25) is 0 Å². The van der Waals surface area contributed by atoms with Crippen molar-refractivity contribution in [2.75, 3.05) is 68.1 Å². The quantitative estimate of drug-likeness (QED) is 0.0653. The molecular formula is C35H45N10O6W-. The van der Waals surface area contributed by atoms with E-state index in [4.69, 9.17) is 0 Å². The molecule has 1 aromatic carbocycles. The number of fused-ring (bicyclic) bond motifs is 1. The monoisotopic (exact) mass is 885 g/mol. The molecule has 3 N–H and O–H groups in total. The standard InChI is InChI=1S/C35H46N10O6.W/c1-35(2)26(12-14-42(15-13-38-22-47)23-8-10-28(39-20-23)40-41-37-4)31(35)34(51)44-18-16-43(17-19-44)27-7-5-6-25-30(27)33(50)45(32(25)49)24(21-46)9-11-29(48)36-3;/h5-8,10,20-22,24,26,31H,4,9,11-19H2,1-3H3,(H4,36,38,39,40,41,47,48,49,50);/p-1. The molecule has 16 nitrogen and oxygen atoms in total. The van der Waals surface area contributed by atoms with Gasteiger partial charge >= 0.3 is 0 Å². The number of rotatable bonds is 18. The summed E-state index contributed by atoms with van der Waals surface area (Å²) in [4.78, 5) is 86.8. The minimum atomic E-state index is -1.05. The van der Waals surface area contributed by atoms with Crippen LogP contribution in [0.3, 0.4) is 0 Å². The number of carbonyl (C=O) groups excluding carboxylic acids is 6. The fraction of sp³-hybridized carbons (Fsp3) is 0.486. The van der Waals surface area contributed by atoms with Crippen molar-refractivity contribution in [1.82, 2.24) is 25.4 Å². The first kappa shape index (κ1) is 39.9. The Hall–Kier alpha value is -4.85. The Morgan fingerprint density at radius 3 is 2.50 bits per heavy atom. The summed E-state index contributed by atoms with van der Waals surface area (Å²) in [5.74, 6) is -0.743.